The first-order chi connectivity index (χ1) is 17.4. The molecule has 4 rings (SSSR count). The minimum absolute atomic E-state index is 0.0706. The standard InChI is InChI=1S/C28H25N3O4S/c1-3-35-26(33)17-12-20-10-13-21(14-11-20)29-25(32)18-36-28-30-24-7-5-4-6-23(24)27(34)31(28)22-15-8-19(2)9-16-22/h4-17H,3,18H2,1-2H3,(H,29,32)/b17-12+. The number of benzene rings is 3. The molecule has 0 fully saturated rings. The summed E-state index contributed by atoms with van der Waals surface area (Å²) in [5.41, 5.74) is 3.60. The Hall–Kier alpha value is -4.17. The van der Waals surface area contributed by atoms with Crippen LogP contribution in [0.3, 0.4) is 0 Å². The van der Waals surface area contributed by atoms with E-state index in [1.807, 2.05) is 43.3 Å². The highest BCUT2D eigenvalue weighted by molar-refractivity contribution is 7.99. The maximum atomic E-state index is 13.3. The summed E-state index contributed by atoms with van der Waals surface area (Å²) in [5, 5.41) is 3.81. The number of esters is 1. The fraction of sp³-hybridized carbons (Fsp3) is 0.143. The smallest absolute Gasteiger partial charge is 0.330 e. The topological polar surface area (TPSA) is 90.3 Å². The van der Waals surface area contributed by atoms with Gasteiger partial charge in [-0.15, -0.1) is 0 Å². The number of carbonyl (C=O) groups is 2. The number of hydrogen-bond donors (Lipinski definition) is 1. The normalized spacial score (nSPS) is 11.1. The lowest BCUT2D eigenvalue weighted by Crippen LogP contribution is -2.23. The average Bonchev–Trinajstić information content (AvgIpc) is 2.88. The van der Waals surface area contributed by atoms with Crippen LogP contribution in [0.5, 0.6) is 0 Å². The van der Waals surface area contributed by atoms with E-state index >= 15 is 0 Å². The van der Waals surface area contributed by atoms with Crippen molar-refractivity contribution >= 4 is 46.3 Å². The highest BCUT2D eigenvalue weighted by atomic mass is 32.2. The van der Waals surface area contributed by atoms with Crippen molar-refractivity contribution in [2.24, 2.45) is 0 Å². The number of amides is 1. The van der Waals surface area contributed by atoms with E-state index < -0.39 is 5.97 Å². The van der Waals surface area contributed by atoms with Crippen molar-refractivity contribution in [3.8, 4) is 5.69 Å². The first-order valence-corrected chi connectivity index (χ1v) is 12.4. The molecule has 0 saturated carbocycles. The molecule has 0 aliphatic rings. The highest BCUT2D eigenvalue weighted by Gasteiger charge is 2.15. The number of hydrogen-bond acceptors (Lipinski definition) is 6. The molecule has 1 N–H and O–H groups in total. The van der Waals surface area contributed by atoms with Crippen LogP contribution >= 0.6 is 11.8 Å². The number of nitrogens with one attached hydrogen (secondary N) is 1. The van der Waals surface area contributed by atoms with Gasteiger partial charge in [0.2, 0.25) is 5.91 Å². The van der Waals surface area contributed by atoms with Gasteiger partial charge in [0.1, 0.15) is 0 Å². The Labute approximate surface area is 212 Å². The number of para-hydroxylation sites is 1. The molecule has 0 bridgehead atoms. The molecule has 4 aromatic rings. The minimum Gasteiger partial charge on any atom is -0.463 e. The Morgan fingerprint density at radius 2 is 1.75 bits per heavy atom. The van der Waals surface area contributed by atoms with E-state index in [1.54, 1.807) is 54.0 Å². The first-order valence-electron chi connectivity index (χ1n) is 11.4. The fourth-order valence-corrected chi connectivity index (χ4v) is 4.30. The van der Waals surface area contributed by atoms with Crippen LogP contribution in [0.15, 0.2) is 88.8 Å². The van der Waals surface area contributed by atoms with Gasteiger partial charge in [0.15, 0.2) is 5.16 Å². The first kappa shape index (κ1) is 24.9. The van der Waals surface area contributed by atoms with Gasteiger partial charge < -0.3 is 10.1 Å². The Kier molecular flexibility index (Phi) is 7.97. The van der Waals surface area contributed by atoms with Gasteiger partial charge in [-0.1, -0.05) is 53.7 Å². The quantitative estimate of drug-likeness (QED) is 0.159. The van der Waals surface area contributed by atoms with Crippen molar-refractivity contribution in [1.82, 2.24) is 9.55 Å². The second-order valence-electron chi connectivity index (χ2n) is 7.93. The molecule has 0 saturated heterocycles. The zero-order chi connectivity index (χ0) is 25.5. The van der Waals surface area contributed by atoms with Gasteiger partial charge in [0, 0.05) is 11.8 Å². The Morgan fingerprint density at radius 1 is 1.03 bits per heavy atom. The van der Waals surface area contributed by atoms with Gasteiger partial charge in [-0.05, 0) is 61.9 Å². The largest absolute Gasteiger partial charge is 0.463 e. The third-order valence-corrected chi connectivity index (χ3v) is 6.20. The van der Waals surface area contributed by atoms with Gasteiger partial charge in [-0.2, -0.15) is 0 Å². The molecule has 1 aromatic heterocycles. The molecule has 3 aromatic carbocycles. The van der Waals surface area contributed by atoms with E-state index in [0.29, 0.717) is 34.0 Å². The van der Waals surface area contributed by atoms with Crippen LogP contribution in [0.25, 0.3) is 22.7 Å². The predicted molar refractivity (Wildman–Crippen MR) is 144 cm³/mol. The van der Waals surface area contributed by atoms with Crippen LogP contribution < -0.4 is 10.9 Å². The molecule has 0 unspecified atom stereocenters. The van der Waals surface area contributed by atoms with Crippen molar-refractivity contribution in [3.63, 3.8) is 0 Å². The van der Waals surface area contributed by atoms with Gasteiger partial charge in [-0.3, -0.25) is 14.2 Å². The van der Waals surface area contributed by atoms with Crippen LogP contribution in [0.4, 0.5) is 5.69 Å². The van der Waals surface area contributed by atoms with Gasteiger partial charge in [-0.25, -0.2) is 9.78 Å². The SMILES string of the molecule is CCOC(=O)/C=C/c1ccc(NC(=O)CSc2nc3ccccc3c(=O)n2-c2ccc(C)cc2)cc1. The molecule has 36 heavy (non-hydrogen) atoms. The van der Waals surface area contributed by atoms with Gasteiger partial charge in [0.25, 0.3) is 5.56 Å². The van der Waals surface area contributed by atoms with E-state index in [0.717, 1.165) is 11.1 Å². The maximum Gasteiger partial charge on any atom is 0.330 e. The minimum atomic E-state index is -0.404. The van der Waals surface area contributed by atoms with Crippen molar-refractivity contribution in [2.75, 3.05) is 17.7 Å². The highest BCUT2D eigenvalue weighted by Crippen LogP contribution is 2.22. The molecule has 182 valence electrons. The zero-order valence-electron chi connectivity index (χ0n) is 19.9. The van der Waals surface area contributed by atoms with Gasteiger partial charge >= 0.3 is 5.97 Å². The molecule has 0 spiro atoms. The number of rotatable bonds is 8. The molecule has 0 atom stereocenters. The number of nitrogens with zero attached hydrogens (tertiary/aromatic N) is 2. The number of ether oxygens (including phenoxy) is 1. The summed E-state index contributed by atoms with van der Waals surface area (Å²) in [4.78, 5) is 42.1. The molecule has 0 aliphatic carbocycles. The molecule has 0 aliphatic heterocycles. The second kappa shape index (κ2) is 11.5. The van der Waals surface area contributed by atoms with E-state index in [4.69, 9.17) is 4.74 Å². The summed E-state index contributed by atoms with van der Waals surface area (Å²) >= 11 is 1.20. The Bertz CT molecular complexity index is 1480. The second-order valence-corrected chi connectivity index (χ2v) is 8.87. The van der Waals surface area contributed by atoms with Crippen LogP contribution in [0.1, 0.15) is 18.1 Å². The lowest BCUT2D eigenvalue weighted by atomic mass is 10.2. The van der Waals surface area contributed by atoms with Crippen LogP contribution in [-0.4, -0.2) is 33.8 Å². The number of anilines is 1. The van der Waals surface area contributed by atoms with Crippen LogP contribution in [0.2, 0.25) is 0 Å². The number of aromatic nitrogens is 2. The van der Waals surface area contributed by atoms with Crippen LogP contribution in [-0.2, 0) is 14.3 Å². The third kappa shape index (κ3) is 6.09. The number of carbonyl (C=O) groups excluding carboxylic acids is 2. The Morgan fingerprint density at radius 3 is 2.47 bits per heavy atom. The molecule has 0 radical (unpaired) electrons. The predicted octanol–water partition coefficient (Wildman–Crippen LogP) is 5.00. The molecule has 1 heterocycles. The summed E-state index contributed by atoms with van der Waals surface area (Å²) in [6.07, 6.45) is 3.01. The van der Waals surface area contributed by atoms with E-state index in [1.165, 1.54) is 17.8 Å². The maximum absolute atomic E-state index is 13.3. The lowest BCUT2D eigenvalue weighted by molar-refractivity contribution is -0.137. The van der Waals surface area contributed by atoms with Crippen molar-refractivity contribution in [1.29, 1.82) is 0 Å². The Balaban J connectivity index is 1.50. The fourth-order valence-electron chi connectivity index (χ4n) is 3.49. The number of thioether (sulfide) groups is 1. The summed E-state index contributed by atoms with van der Waals surface area (Å²) in [6, 6.07) is 21.9. The van der Waals surface area contributed by atoms with Crippen molar-refractivity contribution < 1.29 is 14.3 Å². The molecule has 7 nitrogen and oxygen atoms in total. The lowest BCUT2D eigenvalue weighted by Gasteiger charge is -2.13. The van der Waals surface area contributed by atoms with Gasteiger partial charge in [0.05, 0.1) is 29.0 Å². The summed E-state index contributed by atoms with van der Waals surface area (Å²) in [6.45, 7) is 4.05. The number of fused-ring (bicyclic) bond motifs is 1. The summed E-state index contributed by atoms with van der Waals surface area (Å²) < 4.78 is 6.41. The molecule has 1 amide bonds. The third-order valence-electron chi connectivity index (χ3n) is 5.26. The molecular formula is C28H25N3O4S. The average molecular weight is 500 g/mol. The van der Waals surface area contributed by atoms with E-state index in [2.05, 4.69) is 10.3 Å². The van der Waals surface area contributed by atoms with E-state index in [-0.39, 0.29) is 17.2 Å². The molecule has 8 heteroatoms. The monoisotopic (exact) mass is 499 g/mol. The summed E-state index contributed by atoms with van der Waals surface area (Å²) in [7, 11) is 0. The van der Waals surface area contributed by atoms with E-state index in [9.17, 15) is 14.4 Å². The van der Waals surface area contributed by atoms with Crippen molar-refractivity contribution in [3.05, 3.63) is 100 Å². The van der Waals surface area contributed by atoms with Crippen molar-refractivity contribution in [2.45, 2.75) is 19.0 Å². The molecular weight excluding hydrogens is 474 g/mol. The summed E-state index contributed by atoms with van der Waals surface area (Å²) in [5.74, 6) is -0.563. The number of aryl methyl sites for hydroxylation is 1. The van der Waals surface area contributed by atoms with Crippen LogP contribution in [0, 0.1) is 6.92 Å². The zero-order valence-corrected chi connectivity index (χ0v) is 20.7.